The number of carbonyl (C=O) groups is 1. The van der Waals surface area contributed by atoms with E-state index in [9.17, 15) is 20.1 Å². The molecule has 4 aliphatic rings. The van der Waals surface area contributed by atoms with Gasteiger partial charge in [-0.15, -0.1) is 0 Å². The molecule has 8 heteroatoms. The van der Waals surface area contributed by atoms with Crippen LogP contribution >= 0.6 is 0 Å². The van der Waals surface area contributed by atoms with Crippen molar-refractivity contribution in [3.8, 4) is 0 Å². The lowest BCUT2D eigenvalue weighted by atomic mass is 9.46. The number of allylic oxidation sites excluding steroid dienone is 2. The van der Waals surface area contributed by atoms with E-state index in [0.29, 0.717) is 30.8 Å². The molecular formula is C38H70N4O4. The van der Waals surface area contributed by atoms with Crippen molar-refractivity contribution in [2.24, 2.45) is 63.7 Å². The average molecular weight is 647 g/mol. The predicted octanol–water partition coefficient (Wildman–Crippen LogP) is 6.00. The molecule has 3 saturated carbocycles. The van der Waals surface area contributed by atoms with E-state index >= 15 is 0 Å². The van der Waals surface area contributed by atoms with Gasteiger partial charge in [0.15, 0.2) is 0 Å². The van der Waals surface area contributed by atoms with Crippen molar-refractivity contribution in [1.29, 1.82) is 0 Å². The Bertz CT molecular complexity index is 1010. The van der Waals surface area contributed by atoms with Gasteiger partial charge in [-0.1, -0.05) is 65.5 Å². The number of rotatable bonds is 17. The van der Waals surface area contributed by atoms with Gasteiger partial charge in [0.25, 0.3) is 0 Å². The first-order valence-corrected chi connectivity index (χ1v) is 19.0. The summed E-state index contributed by atoms with van der Waals surface area (Å²) in [5, 5.41) is 33.5. The van der Waals surface area contributed by atoms with E-state index in [-0.39, 0.29) is 31.1 Å². The molecule has 1 amide bonds. The fraction of sp³-hybridized carbons (Fsp3) is 0.921. The lowest BCUT2D eigenvalue weighted by Gasteiger charge is -2.59. The summed E-state index contributed by atoms with van der Waals surface area (Å²) in [6, 6.07) is 0.182. The quantitative estimate of drug-likeness (QED) is 0.106. The smallest absolute Gasteiger partial charge is 0.407 e. The Labute approximate surface area is 280 Å². The summed E-state index contributed by atoms with van der Waals surface area (Å²) >= 11 is 0. The molecular weight excluding hydrogens is 576 g/mol. The standard InChI is InChI=1S/C38H70N4O4/c1-25(2)8-6-9-26(3)32-13-14-33-31-12-11-28-20-27(15-17-37(28,4)34(31)16-18-38(32,33)5)35(41-23-29(43)21-39)10-7-19-42(36(45)46)24-30(44)22-40/h11,25-27,29-35,41,43-44H,6-10,12-24,39-40H2,1-5H3,(H,45,46)/t26-,27+,29?,30?,31+,32-,33+,34+,35?,37+,38-/m1/s1. The predicted molar refractivity (Wildman–Crippen MR) is 187 cm³/mol. The maximum Gasteiger partial charge on any atom is 0.407 e. The Kier molecular flexibility index (Phi) is 13.5. The number of nitrogens with zero attached hydrogens (tertiary/aromatic N) is 1. The Morgan fingerprint density at radius 3 is 2.39 bits per heavy atom. The van der Waals surface area contributed by atoms with Gasteiger partial charge in [-0.3, -0.25) is 0 Å². The molecule has 0 aromatic carbocycles. The first-order chi connectivity index (χ1) is 21.8. The zero-order valence-electron chi connectivity index (χ0n) is 29.9. The van der Waals surface area contributed by atoms with E-state index in [2.05, 4.69) is 46.0 Å². The van der Waals surface area contributed by atoms with E-state index in [1.165, 1.54) is 62.7 Å². The molecule has 0 heterocycles. The van der Waals surface area contributed by atoms with Gasteiger partial charge in [-0.2, -0.15) is 0 Å². The van der Waals surface area contributed by atoms with E-state index in [4.69, 9.17) is 11.5 Å². The summed E-state index contributed by atoms with van der Waals surface area (Å²) < 4.78 is 0. The normalized spacial score (nSPS) is 35.0. The molecule has 266 valence electrons. The zero-order chi connectivity index (χ0) is 33.6. The fourth-order valence-corrected chi connectivity index (χ4v) is 11.0. The van der Waals surface area contributed by atoms with E-state index in [1.54, 1.807) is 5.57 Å². The molecule has 11 atom stereocenters. The van der Waals surface area contributed by atoms with E-state index < -0.39 is 18.3 Å². The Hall–Kier alpha value is -1.19. The molecule has 4 rings (SSSR count). The molecule has 3 fully saturated rings. The third kappa shape index (κ3) is 8.50. The molecule has 0 radical (unpaired) electrons. The largest absolute Gasteiger partial charge is 0.465 e. The van der Waals surface area contributed by atoms with E-state index in [1.807, 2.05) is 0 Å². The first-order valence-electron chi connectivity index (χ1n) is 19.0. The fourth-order valence-electron chi connectivity index (χ4n) is 11.0. The molecule has 46 heavy (non-hydrogen) atoms. The van der Waals surface area contributed by atoms with Crippen LogP contribution in [-0.2, 0) is 0 Å². The summed E-state index contributed by atoms with van der Waals surface area (Å²) in [6.07, 6.45) is 16.1. The Balaban J connectivity index is 1.42. The van der Waals surface area contributed by atoms with Gasteiger partial charge in [-0.05, 0) is 116 Å². The minimum Gasteiger partial charge on any atom is -0.465 e. The van der Waals surface area contributed by atoms with Crippen LogP contribution in [0, 0.1) is 52.3 Å². The number of aliphatic hydroxyl groups excluding tert-OH is 2. The van der Waals surface area contributed by atoms with Crippen molar-refractivity contribution in [2.75, 3.05) is 32.7 Å². The van der Waals surface area contributed by atoms with Crippen LogP contribution < -0.4 is 16.8 Å². The molecule has 0 spiro atoms. The van der Waals surface area contributed by atoms with Gasteiger partial charge in [0.1, 0.15) is 0 Å². The molecule has 3 unspecified atom stereocenters. The number of hydrogen-bond acceptors (Lipinski definition) is 6. The number of amides is 1. The van der Waals surface area contributed by atoms with Gasteiger partial charge >= 0.3 is 6.09 Å². The van der Waals surface area contributed by atoms with Gasteiger partial charge < -0.3 is 37.0 Å². The van der Waals surface area contributed by atoms with Crippen LogP contribution in [0.1, 0.15) is 118 Å². The molecule has 0 aliphatic heterocycles. The van der Waals surface area contributed by atoms with Crippen LogP contribution in [0.4, 0.5) is 4.79 Å². The summed E-state index contributed by atoms with van der Waals surface area (Å²) in [4.78, 5) is 13.1. The highest BCUT2D eigenvalue weighted by molar-refractivity contribution is 5.64. The third-order valence-electron chi connectivity index (χ3n) is 13.7. The molecule has 0 aromatic rings. The second-order valence-electron chi connectivity index (χ2n) is 17.0. The summed E-state index contributed by atoms with van der Waals surface area (Å²) in [7, 11) is 0. The summed E-state index contributed by atoms with van der Waals surface area (Å²) in [5.41, 5.74) is 13.7. The number of carboxylic acid groups (broad SMARTS) is 1. The SMILES string of the molecule is CC(C)CCC[C@@H](C)[C@H]1CC[C@H]2[C@@H]3CC=C4C[C@@H](C(CCCN(CC(O)CN)C(=O)O)NCC(O)CN)CC[C@]4(C)[C@H]3CC[C@]12C. The van der Waals surface area contributed by atoms with Crippen LogP contribution in [0.25, 0.3) is 0 Å². The van der Waals surface area contributed by atoms with Gasteiger partial charge in [0.2, 0.25) is 0 Å². The van der Waals surface area contributed by atoms with E-state index in [0.717, 1.165) is 54.8 Å². The topological polar surface area (TPSA) is 145 Å². The van der Waals surface area contributed by atoms with Crippen LogP contribution in [0.3, 0.4) is 0 Å². The Morgan fingerprint density at radius 1 is 0.978 bits per heavy atom. The molecule has 0 aromatic heterocycles. The number of fused-ring (bicyclic) bond motifs is 5. The van der Waals surface area contributed by atoms with Crippen LogP contribution in [0.5, 0.6) is 0 Å². The highest BCUT2D eigenvalue weighted by Crippen LogP contribution is 2.67. The average Bonchev–Trinajstić information content (AvgIpc) is 3.38. The van der Waals surface area contributed by atoms with Gasteiger partial charge in [0.05, 0.1) is 18.8 Å². The maximum absolute atomic E-state index is 11.8. The number of nitrogens with two attached hydrogens (primary N) is 2. The molecule has 0 saturated heterocycles. The van der Waals surface area contributed by atoms with Gasteiger partial charge in [-0.25, -0.2) is 4.79 Å². The zero-order valence-corrected chi connectivity index (χ0v) is 29.9. The minimum absolute atomic E-state index is 0.0326. The maximum atomic E-state index is 11.8. The van der Waals surface area contributed by atoms with Crippen LogP contribution in [0.2, 0.25) is 0 Å². The highest BCUT2D eigenvalue weighted by atomic mass is 16.4. The van der Waals surface area contributed by atoms with Crippen LogP contribution in [-0.4, -0.2) is 77.3 Å². The minimum atomic E-state index is -1.02. The third-order valence-corrected chi connectivity index (χ3v) is 13.7. The second kappa shape index (κ2) is 16.5. The number of nitrogens with one attached hydrogen (secondary N) is 1. The number of hydrogen-bond donors (Lipinski definition) is 6. The van der Waals surface area contributed by atoms with Gasteiger partial charge in [0, 0.05) is 32.2 Å². The summed E-state index contributed by atoms with van der Waals surface area (Å²) in [6.45, 7) is 13.6. The lowest BCUT2D eigenvalue weighted by Crippen LogP contribution is -2.52. The monoisotopic (exact) mass is 647 g/mol. The van der Waals surface area contributed by atoms with Crippen molar-refractivity contribution in [1.82, 2.24) is 10.2 Å². The first kappa shape index (κ1) is 37.6. The van der Waals surface area contributed by atoms with Crippen molar-refractivity contribution >= 4 is 6.09 Å². The Morgan fingerprint density at radius 2 is 1.72 bits per heavy atom. The van der Waals surface area contributed by atoms with Crippen molar-refractivity contribution in [3.05, 3.63) is 11.6 Å². The van der Waals surface area contributed by atoms with Crippen molar-refractivity contribution in [2.45, 2.75) is 136 Å². The lowest BCUT2D eigenvalue weighted by molar-refractivity contribution is -0.0538. The highest BCUT2D eigenvalue weighted by Gasteiger charge is 2.59. The molecule has 8 N–H and O–H groups in total. The van der Waals surface area contributed by atoms with Crippen molar-refractivity contribution in [3.63, 3.8) is 0 Å². The number of aliphatic hydroxyl groups is 2. The molecule has 0 bridgehead atoms. The van der Waals surface area contributed by atoms with Crippen molar-refractivity contribution < 1.29 is 20.1 Å². The second-order valence-corrected chi connectivity index (χ2v) is 17.0. The van der Waals surface area contributed by atoms with Crippen LogP contribution in [0.15, 0.2) is 11.6 Å². The molecule has 8 nitrogen and oxygen atoms in total. The molecule has 4 aliphatic carbocycles. The summed E-state index contributed by atoms with van der Waals surface area (Å²) in [5.74, 6) is 5.43.